The van der Waals surface area contributed by atoms with Gasteiger partial charge < -0.3 is 14.7 Å². The van der Waals surface area contributed by atoms with Crippen LogP contribution in [0, 0.1) is 0 Å². The van der Waals surface area contributed by atoms with Crippen LogP contribution in [0.3, 0.4) is 0 Å². The highest BCUT2D eigenvalue weighted by Gasteiger charge is 2.26. The highest BCUT2D eigenvalue weighted by atomic mass is 35.5. The number of amides is 1. The summed E-state index contributed by atoms with van der Waals surface area (Å²) < 4.78 is 5.57. The molecule has 0 spiro atoms. The van der Waals surface area contributed by atoms with Gasteiger partial charge in [-0.1, -0.05) is 11.6 Å². The molecule has 5 nitrogen and oxygen atoms in total. The number of halogens is 1. The number of carbonyl (C=O) groups is 2. The standard InChI is InChI=1S/C15H20ClNO4/c1-4-17(10(2)9-14(18)19)15(20)11(3)21-13-7-5-12(16)6-8-13/h5-8,10-11H,4,9H2,1-3H3,(H,18,19). The number of benzene rings is 1. The third kappa shape index (κ3) is 5.27. The molecular weight excluding hydrogens is 294 g/mol. The first-order chi connectivity index (χ1) is 9.85. The van der Waals surface area contributed by atoms with Crippen LogP contribution >= 0.6 is 11.6 Å². The summed E-state index contributed by atoms with van der Waals surface area (Å²) >= 11 is 5.79. The highest BCUT2D eigenvalue weighted by Crippen LogP contribution is 2.18. The maximum absolute atomic E-state index is 12.4. The maximum Gasteiger partial charge on any atom is 0.305 e. The molecular formula is C15H20ClNO4. The molecule has 0 aliphatic rings. The molecule has 0 heterocycles. The van der Waals surface area contributed by atoms with Crippen molar-refractivity contribution in [3.8, 4) is 5.75 Å². The van der Waals surface area contributed by atoms with E-state index in [0.29, 0.717) is 17.3 Å². The average molecular weight is 314 g/mol. The number of nitrogens with zero attached hydrogens (tertiary/aromatic N) is 1. The maximum atomic E-state index is 12.4. The van der Waals surface area contributed by atoms with E-state index in [1.165, 1.54) is 4.90 Å². The van der Waals surface area contributed by atoms with Gasteiger partial charge in [0.25, 0.3) is 5.91 Å². The van der Waals surface area contributed by atoms with Gasteiger partial charge in [-0.3, -0.25) is 9.59 Å². The molecule has 1 rings (SSSR count). The fourth-order valence-corrected chi connectivity index (χ4v) is 2.17. The number of rotatable bonds is 7. The number of hydrogen-bond acceptors (Lipinski definition) is 3. The van der Waals surface area contributed by atoms with Gasteiger partial charge in [-0.25, -0.2) is 0 Å². The molecule has 1 aromatic rings. The summed E-state index contributed by atoms with van der Waals surface area (Å²) in [6.45, 7) is 5.60. The number of ether oxygens (including phenoxy) is 1. The van der Waals surface area contributed by atoms with Gasteiger partial charge in [0, 0.05) is 17.6 Å². The van der Waals surface area contributed by atoms with Crippen LogP contribution in [-0.2, 0) is 9.59 Å². The topological polar surface area (TPSA) is 66.8 Å². The number of carboxylic acid groups (broad SMARTS) is 1. The summed E-state index contributed by atoms with van der Waals surface area (Å²) in [6, 6.07) is 6.35. The fraction of sp³-hybridized carbons (Fsp3) is 0.467. The van der Waals surface area contributed by atoms with Gasteiger partial charge >= 0.3 is 5.97 Å². The van der Waals surface area contributed by atoms with Crippen molar-refractivity contribution >= 4 is 23.5 Å². The van der Waals surface area contributed by atoms with E-state index in [0.717, 1.165) is 0 Å². The lowest BCUT2D eigenvalue weighted by atomic mass is 10.2. The van der Waals surface area contributed by atoms with Crippen molar-refractivity contribution in [3.63, 3.8) is 0 Å². The van der Waals surface area contributed by atoms with Gasteiger partial charge in [0.2, 0.25) is 0 Å². The minimum Gasteiger partial charge on any atom is -0.481 e. The third-order valence-corrected chi connectivity index (χ3v) is 3.35. The minimum atomic E-state index is -0.931. The average Bonchev–Trinajstić information content (AvgIpc) is 2.41. The Balaban J connectivity index is 2.70. The summed E-state index contributed by atoms with van der Waals surface area (Å²) in [7, 11) is 0. The number of carbonyl (C=O) groups excluding carboxylic acids is 1. The summed E-state index contributed by atoms with van der Waals surface area (Å²) in [5.74, 6) is -0.622. The Labute approximate surface area is 129 Å². The molecule has 1 aromatic carbocycles. The van der Waals surface area contributed by atoms with Gasteiger partial charge in [0.1, 0.15) is 5.75 Å². The van der Waals surface area contributed by atoms with Crippen molar-refractivity contribution in [3.05, 3.63) is 29.3 Å². The summed E-state index contributed by atoms with van der Waals surface area (Å²) in [5, 5.41) is 9.42. The molecule has 6 heteroatoms. The first kappa shape index (κ1) is 17.3. The minimum absolute atomic E-state index is 0.0900. The zero-order chi connectivity index (χ0) is 16.0. The zero-order valence-electron chi connectivity index (χ0n) is 12.4. The second kappa shape index (κ2) is 7.88. The molecule has 1 amide bonds. The van der Waals surface area contributed by atoms with E-state index in [2.05, 4.69) is 0 Å². The summed E-state index contributed by atoms with van der Waals surface area (Å²) in [6.07, 6.45) is -0.782. The largest absolute Gasteiger partial charge is 0.481 e. The first-order valence-electron chi connectivity index (χ1n) is 6.79. The fourth-order valence-electron chi connectivity index (χ4n) is 2.05. The lowest BCUT2D eigenvalue weighted by molar-refractivity contribution is -0.143. The van der Waals surface area contributed by atoms with Gasteiger partial charge in [-0.05, 0) is 45.0 Å². The molecule has 2 unspecified atom stereocenters. The van der Waals surface area contributed by atoms with Crippen molar-refractivity contribution in [2.45, 2.75) is 39.3 Å². The van der Waals surface area contributed by atoms with Gasteiger partial charge in [0.15, 0.2) is 6.10 Å². The van der Waals surface area contributed by atoms with E-state index < -0.39 is 12.1 Å². The molecule has 0 radical (unpaired) electrons. The Morgan fingerprint density at radius 1 is 1.29 bits per heavy atom. The summed E-state index contributed by atoms with van der Waals surface area (Å²) in [5.41, 5.74) is 0. The molecule has 0 fully saturated rings. The zero-order valence-corrected chi connectivity index (χ0v) is 13.1. The molecule has 0 aliphatic heterocycles. The van der Waals surface area contributed by atoms with Crippen LogP contribution in [0.1, 0.15) is 27.2 Å². The second-order valence-electron chi connectivity index (χ2n) is 4.79. The van der Waals surface area contributed by atoms with E-state index in [9.17, 15) is 9.59 Å². The van der Waals surface area contributed by atoms with Crippen LogP contribution in [0.5, 0.6) is 5.75 Å². The molecule has 0 saturated heterocycles. The quantitative estimate of drug-likeness (QED) is 0.840. The predicted molar refractivity (Wildman–Crippen MR) is 80.6 cm³/mol. The Kier molecular flexibility index (Phi) is 6.49. The number of hydrogen-bond donors (Lipinski definition) is 1. The Hall–Kier alpha value is -1.75. The molecule has 116 valence electrons. The van der Waals surface area contributed by atoms with Crippen LogP contribution in [0.4, 0.5) is 0 Å². The van der Waals surface area contributed by atoms with E-state index in [4.69, 9.17) is 21.4 Å². The van der Waals surface area contributed by atoms with E-state index in [1.807, 2.05) is 6.92 Å². The monoisotopic (exact) mass is 313 g/mol. The van der Waals surface area contributed by atoms with Crippen LogP contribution in [-0.4, -0.2) is 40.6 Å². The lowest BCUT2D eigenvalue weighted by Gasteiger charge is -2.29. The SMILES string of the molecule is CCN(C(=O)C(C)Oc1ccc(Cl)cc1)C(C)CC(=O)O. The first-order valence-corrected chi connectivity index (χ1v) is 7.17. The van der Waals surface area contributed by atoms with Crippen LogP contribution in [0.15, 0.2) is 24.3 Å². The highest BCUT2D eigenvalue weighted by molar-refractivity contribution is 6.30. The third-order valence-electron chi connectivity index (χ3n) is 3.10. The lowest BCUT2D eigenvalue weighted by Crippen LogP contribution is -2.45. The molecule has 0 saturated carbocycles. The van der Waals surface area contributed by atoms with Crippen molar-refractivity contribution in [1.29, 1.82) is 0 Å². The predicted octanol–water partition coefficient (Wildman–Crippen LogP) is 2.82. The molecule has 0 bridgehead atoms. The van der Waals surface area contributed by atoms with Crippen molar-refractivity contribution in [1.82, 2.24) is 4.90 Å². The Morgan fingerprint density at radius 2 is 1.86 bits per heavy atom. The van der Waals surface area contributed by atoms with E-state index in [1.54, 1.807) is 38.1 Å². The summed E-state index contributed by atoms with van der Waals surface area (Å²) in [4.78, 5) is 24.6. The van der Waals surface area contributed by atoms with Crippen molar-refractivity contribution in [2.75, 3.05) is 6.54 Å². The van der Waals surface area contributed by atoms with Gasteiger partial charge in [0.05, 0.1) is 6.42 Å². The smallest absolute Gasteiger partial charge is 0.305 e. The Bertz CT molecular complexity index is 489. The number of aliphatic carboxylic acids is 1. The number of likely N-dealkylation sites (N-methyl/N-ethyl adjacent to an activating group) is 1. The van der Waals surface area contributed by atoms with Crippen LogP contribution in [0.25, 0.3) is 0 Å². The second-order valence-corrected chi connectivity index (χ2v) is 5.22. The van der Waals surface area contributed by atoms with Crippen molar-refractivity contribution in [2.24, 2.45) is 0 Å². The number of carboxylic acids is 1. The van der Waals surface area contributed by atoms with Crippen LogP contribution < -0.4 is 4.74 Å². The molecule has 2 atom stereocenters. The Morgan fingerprint density at radius 3 is 2.33 bits per heavy atom. The van der Waals surface area contributed by atoms with Gasteiger partial charge in [-0.15, -0.1) is 0 Å². The van der Waals surface area contributed by atoms with Crippen molar-refractivity contribution < 1.29 is 19.4 Å². The van der Waals surface area contributed by atoms with Crippen LogP contribution in [0.2, 0.25) is 5.02 Å². The molecule has 21 heavy (non-hydrogen) atoms. The molecule has 1 N–H and O–H groups in total. The van der Waals surface area contributed by atoms with E-state index in [-0.39, 0.29) is 18.4 Å². The normalized spacial score (nSPS) is 13.3. The van der Waals surface area contributed by atoms with Gasteiger partial charge in [-0.2, -0.15) is 0 Å². The molecule has 0 aliphatic carbocycles. The van der Waals surface area contributed by atoms with E-state index >= 15 is 0 Å². The molecule has 0 aromatic heterocycles.